The van der Waals surface area contributed by atoms with Gasteiger partial charge in [-0.15, -0.1) is 0 Å². The van der Waals surface area contributed by atoms with Crippen LogP contribution in [0.4, 0.5) is 0 Å². The highest BCUT2D eigenvalue weighted by Gasteiger charge is 2.31. The first-order chi connectivity index (χ1) is 8.28. The summed E-state index contributed by atoms with van der Waals surface area (Å²) in [5.74, 6) is 1.40. The highest BCUT2D eigenvalue weighted by molar-refractivity contribution is 5.77. The van der Waals surface area contributed by atoms with E-state index in [-0.39, 0.29) is 5.91 Å². The minimum absolute atomic E-state index is 0.125. The van der Waals surface area contributed by atoms with Crippen molar-refractivity contribution < 1.29 is 4.79 Å². The average Bonchev–Trinajstić information content (AvgIpc) is 2.20. The Morgan fingerprint density at radius 2 is 2.00 bits per heavy atom. The van der Waals surface area contributed by atoms with Gasteiger partial charge in [-0.3, -0.25) is 4.79 Å². The second-order valence-electron chi connectivity index (χ2n) is 7.19. The molecule has 2 unspecified atom stereocenters. The van der Waals surface area contributed by atoms with Crippen molar-refractivity contribution in [1.29, 1.82) is 0 Å². The van der Waals surface area contributed by atoms with Crippen molar-refractivity contribution in [2.45, 2.75) is 59.9 Å². The Balaban J connectivity index is 2.28. The Morgan fingerprint density at radius 3 is 2.56 bits per heavy atom. The molecule has 1 rings (SSSR count). The summed E-state index contributed by atoms with van der Waals surface area (Å²) in [5.41, 5.74) is 0.406. The molecule has 3 nitrogen and oxygen atoms in total. The Hall–Kier alpha value is -0.570. The highest BCUT2D eigenvalue weighted by Crippen LogP contribution is 2.38. The van der Waals surface area contributed by atoms with Crippen LogP contribution < -0.4 is 10.6 Å². The fourth-order valence-corrected chi connectivity index (χ4v) is 3.12. The maximum absolute atomic E-state index is 11.7. The van der Waals surface area contributed by atoms with Crippen LogP contribution in [-0.2, 0) is 4.79 Å². The summed E-state index contributed by atoms with van der Waals surface area (Å²) in [7, 11) is 0. The summed E-state index contributed by atoms with van der Waals surface area (Å²) in [6.07, 6.45) is 3.67. The molecule has 0 aromatic carbocycles. The summed E-state index contributed by atoms with van der Waals surface area (Å²) in [6.45, 7) is 12.4. The Kier molecular flexibility index (Phi) is 5.64. The van der Waals surface area contributed by atoms with E-state index in [1.165, 1.54) is 19.3 Å². The molecule has 1 saturated carbocycles. The first-order valence-electron chi connectivity index (χ1n) is 7.28. The lowest BCUT2D eigenvalue weighted by atomic mass is 9.70. The molecule has 106 valence electrons. The predicted octanol–water partition coefficient (Wildman–Crippen LogP) is 2.56. The van der Waals surface area contributed by atoms with E-state index in [0.29, 0.717) is 23.9 Å². The molecule has 0 radical (unpaired) electrons. The van der Waals surface area contributed by atoms with E-state index in [0.717, 1.165) is 12.5 Å². The molecule has 0 bridgehead atoms. The average molecular weight is 254 g/mol. The van der Waals surface area contributed by atoms with Crippen LogP contribution in [-0.4, -0.2) is 25.0 Å². The second-order valence-corrected chi connectivity index (χ2v) is 7.19. The van der Waals surface area contributed by atoms with E-state index in [1.54, 1.807) is 0 Å². The number of carbonyl (C=O) groups is 1. The lowest BCUT2D eigenvalue weighted by Gasteiger charge is -2.39. The van der Waals surface area contributed by atoms with Gasteiger partial charge in [0.1, 0.15) is 0 Å². The quantitative estimate of drug-likeness (QED) is 0.791. The second kappa shape index (κ2) is 6.55. The van der Waals surface area contributed by atoms with Crippen LogP contribution in [0.15, 0.2) is 0 Å². The predicted molar refractivity (Wildman–Crippen MR) is 76.4 cm³/mol. The van der Waals surface area contributed by atoms with Crippen molar-refractivity contribution in [3.05, 3.63) is 0 Å². The first-order valence-corrected chi connectivity index (χ1v) is 7.28. The van der Waals surface area contributed by atoms with Crippen LogP contribution in [0.25, 0.3) is 0 Å². The molecule has 0 spiro atoms. The number of rotatable bonds is 5. The van der Waals surface area contributed by atoms with E-state index >= 15 is 0 Å². The number of hydrogen-bond donors (Lipinski definition) is 2. The smallest absolute Gasteiger partial charge is 0.233 e. The van der Waals surface area contributed by atoms with Crippen LogP contribution in [0.2, 0.25) is 0 Å². The summed E-state index contributed by atoms with van der Waals surface area (Å²) >= 11 is 0. The van der Waals surface area contributed by atoms with Crippen molar-refractivity contribution in [1.82, 2.24) is 10.6 Å². The minimum atomic E-state index is 0.125. The molecule has 1 aliphatic rings. The Labute approximate surface area is 112 Å². The van der Waals surface area contributed by atoms with E-state index < -0.39 is 0 Å². The van der Waals surface area contributed by atoms with Gasteiger partial charge in [-0.2, -0.15) is 0 Å². The van der Waals surface area contributed by atoms with Gasteiger partial charge in [-0.05, 0) is 36.5 Å². The molecule has 0 aliphatic heterocycles. The summed E-state index contributed by atoms with van der Waals surface area (Å²) in [4.78, 5) is 11.7. The summed E-state index contributed by atoms with van der Waals surface area (Å²) in [6, 6.07) is 0.494. The van der Waals surface area contributed by atoms with Crippen molar-refractivity contribution in [3.63, 3.8) is 0 Å². The SMILES string of the molecule is CC(C)CNC(=O)CNC1CC(C)CC(C)(C)C1. The van der Waals surface area contributed by atoms with Gasteiger partial charge < -0.3 is 10.6 Å². The summed E-state index contributed by atoms with van der Waals surface area (Å²) in [5, 5.41) is 6.37. The van der Waals surface area contributed by atoms with Crippen LogP contribution in [0.5, 0.6) is 0 Å². The van der Waals surface area contributed by atoms with E-state index in [4.69, 9.17) is 0 Å². The van der Waals surface area contributed by atoms with Gasteiger partial charge in [0.05, 0.1) is 6.54 Å². The molecule has 1 fully saturated rings. The maximum Gasteiger partial charge on any atom is 0.233 e. The molecule has 1 amide bonds. The molecule has 0 heterocycles. The topological polar surface area (TPSA) is 41.1 Å². The van der Waals surface area contributed by atoms with Gasteiger partial charge in [0.15, 0.2) is 0 Å². The monoisotopic (exact) mass is 254 g/mol. The first kappa shape index (κ1) is 15.5. The zero-order valence-corrected chi connectivity index (χ0v) is 12.7. The van der Waals surface area contributed by atoms with Gasteiger partial charge in [-0.1, -0.05) is 34.6 Å². The fraction of sp³-hybridized carbons (Fsp3) is 0.933. The third kappa shape index (κ3) is 5.85. The number of nitrogens with one attached hydrogen (secondary N) is 2. The molecule has 2 N–H and O–H groups in total. The largest absolute Gasteiger partial charge is 0.355 e. The third-order valence-corrected chi connectivity index (χ3v) is 3.65. The zero-order chi connectivity index (χ0) is 13.8. The van der Waals surface area contributed by atoms with Crippen molar-refractivity contribution in [2.24, 2.45) is 17.3 Å². The fourth-order valence-electron chi connectivity index (χ4n) is 3.12. The molecule has 0 saturated heterocycles. The Bertz CT molecular complexity index is 274. The standard InChI is InChI=1S/C15H30N2O/c1-11(2)9-17-14(18)10-16-13-6-12(3)7-15(4,5)8-13/h11-13,16H,6-10H2,1-5H3,(H,17,18). The maximum atomic E-state index is 11.7. The molecule has 2 atom stereocenters. The third-order valence-electron chi connectivity index (χ3n) is 3.65. The number of amides is 1. The van der Waals surface area contributed by atoms with Crippen molar-refractivity contribution in [3.8, 4) is 0 Å². The van der Waals surface area contributed by atoms with Crippen LogP contribution in [0.3, 0.4) is 0 Å². The van der Waals surface area contributed by atoms with Gasteiger partial charge in [0, 0.05) is 12.6 Å². The molecule has 1 aliphatic carbocycles. The number of carbonyl (C=O) groups excluding carboxylic acids is 1. The molecule has 0 aromatic rings. The van der Waals surface area contributed by atoms with E-state index in [2.05, 4.69) is 45.3 Å². The van der Waals surface area contributed by atoms with Crippen molar-refractivity contribution >= 4 is 5.91 Å². The van der Waals surface area contributed by atoms with Crippen LogP contribution >= 0.6 is 0 Å². The van der Waals surface area contributed by atoms with Gasteiger partial charge in [0.25, 0.3) is 0 Å². The van der Waals surface area contributed by atoms with Crippen LogP contribution in [0.1, 0.15) is 53.9 Å². The molecular formula is C15H30N2O. The van der Waals surface area contributed by atoms with Gasteiger partial charge in [-0.25, -0.2) is 0 Å². The van der Waals surface area contributed by atoms with Crippen molar-refractivity contribution in [2.75, 3.05) is 13.1 Å². The highest BCUT2D eigenvalue weighted by atomic mass is 16.1. The molecule has 0 aromatic heterocycles. The molecule has 3 heteroatoms. The van der Waals surface area contributed by atoms with E-state index in [1.807, 2.05) is 0 Å². The van der Waals surface area contributed by atoms with Crippen LogP contribution in [0, 0.1) is 17.3 Å². The summed E-state index contributed by atoms with van der Waals surface area (Å²) < 4.78 is 0. The lowest BCUT2D eigenvalue weighted by molar-refractivity contribution is -0.120. The lowest BCUT2D eigenvalue weighted by Crippen LogP contribution is -2.44. The normalized spacial score (nSPS) is 27.2. The van der Waals surface area contributed by atoms with E-state index in [9.17, 15) is 4.79 Å². The molecular weight excluding hydrogens is 224 g/mol. The van der Waals surface area contributed by atoms with Gasteiger partial charge in [0.2, 0.25) is 5.91 Å². The molecule has 18 heavy (non-hydrogen) atoms. The number of hydrogen-bond acceptors (Lipinski definition) is 2. The van der Waals surface area contributed by atoms with Gasteiger partial charge >= 0.3 is 0 Å². The Morgan fingerprint density at radius 1 is 1.33 bits per heavy atom. The minimum Gasteiger partial charge on any atom is -0.355 e. The zero-order valence-electron chi connectivity index (χ0n) is 12.7.